The predicted octanol–water partition coefficient (Wildman–Crippen LogP) is -4.42. The first-order chi connectivity index (χ1) is 5.17. The van der Waals surface area contributed by atoms with Gasteiger partial charge in [0.15, 0.2) is 0 Å². The fourth-order valence-electron chi connectivity index (χ4n) is 0.399. The molecule has 0 aliphatic carbocycles. The third kappa shape index (κ3) is 3.75. The van der Waals surface area contributed by atoms with E-state index in [9.17, 15) is 14.7 Å². The number of carbonyl (C=O) groups excluding carboxylic acids is 2. The molecule has 5 nitrogen and oxygen atoms in total. The molecule has 0 aliphatic rings. The summed E-state index contributed by atoms with van der Waals surface area (Å²) in [6.45, 7) is 0. The van der Waals surface area contributed by atoms with Gasteiger partial charge in [-0.25, -0.2) is 9.59 Å². The van der Waals surface area contributed by atoms with Crippen LogP contribution in [0.4, 0.5) is 0 Å². The van der Waals surface area contributed by atoms with Gasteiger partial charge >= 0.3 is 41.5 Å². The Morgan fingerprint density at radius 2 is 1.50 bits per heavy atom. The second-order valence-electron chi connectivity index (χ2n) is 1.51. The monoisotopic (exact) mass is 182 g/mol. The van der Waals surface area contributed by atoms with Crippen LogP contribution in [0.25, 0.3) is 0 Å². The number of methoxy groups -OCH3 is 2. The molecule has 0 radical (unpaired) electrons. The Labute approximate surface area is 91.6 Å². The van der Waals surface area contributed by atoms with E-state index in [0.29, 0.717) is 0 Å². The molecule has 6 heteroatoms. The molecule has 0 N–H and O–H groups in total. The third-order valence-electron chi connectivity index (χ3n) is 0.928. The van der Waals surface area contributed by atoms with Gasteiger partial charge in [-0.05, 0) is 0 Å². The van der Waals surface area contributed by atoms with Crippen molar-refractivity contribution in [3.05, 3.63) is 11.8 Å². The Morgan fingerprint density at radius 3 is 1.67 bits per heavy atom. The minimum Gasteiger partial charge on any atom is -0.877 e. The quantitative estimate of drug-likeness (QED) is 0.108. The van der Waals surface area contributed by atoms with E-state index in [4.69, 9.17) is 0 Å². The van der Waals surface area contributed by atoms with Gasteiger partial charge < -0.3 is 14.6 Å². The molecule has 12 heavy (non-hydrogen) atoms. The van der Waals surface area contributed by atoms with Crippen LogP contribution in [0.2, 0.25) is 0 Å². The van der Waals surface area contributed by atoms with E-state index in [1.165, 1.54) is 0 Å². The molecule has 0 spiro atoms. The van der Waals surface area contributed by atoms with Crippen LogP contribution in [0.15, 0.2) is 11.8 Å². The summed E-state index contributed by atoms with van der Waals surface area (Å²) in [5, 5.41) is 10.1. The van der Waals surface area contributed by atoms with Gasteiger partial charge in [0.1, 0.15) is 5.57 Å². The van der Waals surface area contributed by atoms with Gasteiger partial charge in [-0.2, -0.15) is 0 Å². The van der Waals surface area contributed by atoms with Crippen molar-refractivity contribution >= 4 is 11.9 Å². The van der Waals surface area contributed by atoms with Crippen molar-refractivity contribution in [3.8, 4) is 0 Å². The van der Waals surface area contributed by atoms with Crippen LogP contribution < -0.4 is 34.7 Å². The number of carbonyl (C=O) groups is 2. The molecule has 62 valence electrons. The van der Waals surface area contributed by atoms with Crippen LogP contribution in [-0.4, -0.2) is 26.2 Å². The summed E-state index contributed by atoms with van der Waals surface area (Å²) in [6, 6.07) is 0. The normalized spacial score (nSPS) is 7.50. The molecule has 0 aromatic heterocycles. The molecule has 0 aliphatic heterocycles. The zero-order chi connectivity index (χ0) is 8.85. The Hall–Kier alpha value is -0.520. The standard InChI is InChI=1S/C6H8O5.Na/c1-10-5(8)4(3-7)6(9)11-2;/h3,7H,1-2H3;/q;+1/p-1. The van der Waals surface area contributed by atoms with Crippen molar-refractivity contribution in [2.75, 3.05) is 14.2 Å². The van der Waals surface area contributed by atoms with Gasteiger partial charge in [0.2, 0.25) is 0 Å². The smallest absolute Gasteiger partial charge is 0.877 e. The Balaban J connectivity index is 0. The minimum absolute atomic E-state index is 0. The summed E-state index contributed by atoms with van der Waals surface area (Å²) in [6.07, 6.45) is 0.0949. The third-order valence-corrected chi connectivity index (χ3v) is 0.928. The predicted molar refractivity (Wildman–Crippen MR) is 32.1 cm³/mol. The first kappa shape index (κ1) is 14.0. The molecular weight excluding hydrogens is 175 g/mol. The van der Waals surface area contributed by atoms with Crippen LogP contribution >= 0.6 is 0 Å². The first-order valence-electron chi connectivity index (χ1n) is 2.66. The molecule has 0 rings (SSSR count). The molecule has 0 saturated heterocycles. The zero-order valence-electron chi connectivity index (χ0n) is 7.12. The van der Waals surface area contributed by atoms with Crippen LogP contribution in [0.3, 0.4) is 0 Å². The number of ether oxygens (including phenoxy) is 2. The number of rotatable bonds is 2. The van der Waals surface area contributed by atoms with Gasteiger partial charge in [-0.15, -0.1) is 6.26 Å². The van der Waals surface area contributed by atoms with Crippen molar-refractivity contribution in [2.24, 2.45) is 0 Å². The molecular formula is C6H7NaO5. The van der Waals surface area contributed by atoms with Crippen LogP contribution in [0, 0.1) is 0 Å². The number of hydrogen-bond donors (Lipinski definition) is 0. The van der Waals surface area contributed by atoms with E-state index in [1.807, 2.05) is 0 Å². The average Bonchev–Trinajstić information content (AvgIpc) is 2.05. The average molecular weight is 182 g/mol. The maximum atomic E-state index is 10.6. The van der Waals surface area contributed by atoms with E-state index in [2.05, 4.69) is 9.47 Å². The Bertz CT molecular complexity index is 180. The molecule has 0 amide bonds. The molecule has 0 saturated carbocycles. The molecule has 0 fully saturated rings. The van der Waals surface area contributed by atoms with Crippen molar-refractivity contribution in [2.45, 2.75) is 0 Å². The van der Waals surface area contributed by atoms with Gasteiger partial charge in [0.05, 0.1) is 14.2 Å². The summed E-state index contributed by atoms with van der Waals surface area (Å²) in [5.41, 5.74) is -0.644. The van der Waals surface area contributed by atoms with Gasteiger partial charge in [-0.3, -0.25) is 0 Å². The molecule has 0 atom stereocenters. The van der Waals surface area contributed by atoms with Gasteiger partial charge in [-0.1, -0.05) is 0 Å². The van der Waals surface area contributed by atoms with Crippen molar-refractivity contribution in [1.82, 2.24) is 0 Å². The summed E-state index contributed by atoms with van der Waals surface area (Å²) >= 11 is 0. The fraction of sp³-hybridized carbons (Fsp3) is 0.333. The molecule has 0 unspecified atom stereocenters. The summed E-state index contributed by atoms with van der Waals surface area (Å²) < 4.78 is 8.24. The molecule has 0 aromatic rings. The maximum Gasteiger partial charge on any atom is 1.00 e. The number of esters is 2. The second-order valence-corrected chi connectivity index (χ2v) is 1.51. The van der Waals surface area contributed by atoms with E-state index >= 15 is 0 Å². The summed E-state index contributed by atoms with van der Waals surface area (Å²) in [5.74, 6) is -1.99. The van der Waals surface area contributed by atoms with Gasteiger partial charge in [0.25, 0.3) is 0 Å². The van der Waals surface area contributed by atoms with Crippen molar-refractivity contribution in [3.63, 3.8) is 0 Å². The minimum atomic E-state index is -0.994. The molecule has 0 bridgehead atoms. The van der Waals surface area contributed by atoms with E-state index in [-0.39, 0.29) is 35.8 Å². The Morgan fingerprint density at radius 1 is 1.17 bits per heavy atom. The van der Waals surface area contributed by atoms with Crippen molar-refractivity contribution in [1.29, 1.82) is 0 Å². The topological polar surface area (TPSA) is 75.7 Å². The second kappa shape index (κ2) is 7.15. The van der Waals surface area contributed by atoms with Crippen LogP contribution in [0.1, 0.15) is 0 Å². The molecule has 0 aromatic carbocycles. The largest absolute Gasteiger partial charge is 1.00 e. The SMILES string of the molecule is COC(=O)C(=C[O-])C(=O)OC.[Na+]. The Kier molecular flexibility index (Phi) is 8.36. The number of hydrogen-bond acceptors (Lipinski definition) is 5. The zero-order valence-corrected chi connectivity index (χ0v) is 9.12. The first-order valence-corrected chi connectivity index (χ1v) is 2.66. The maximum absolute atomic E-state index is 10.6. The van der Waals surface area contributed by atoms with E-state index < -0.39 is 17.5 Å². The van der Waals surface area contributed by atoms with E-state index in [1.54, 1.807) is 0 Å². The van der Waals surface area contributed by atoms with Crippen LogP contribution in [-0.2, 0) is 19.1 Å². The summed E-state index contributed by atoms with van der Waals surface area (Å²) in [4.78, 5) is 21.1. The summed E-state index contributed by atoms with van der Waals surface area (Å²) in [7, 11) is 2.13. The molecule has 0 heterocycles. The van der Waals surface area contributed by atoms with Gasteiger partial charge in [0, 0.05) is 0 Å². The fourth-order valence-corrected chi connectivity index (χ4v) is 0.399. The van der Waals surface area contributed by atoms with E-state index in [0.717, 1.165) is 14.2 Å². The van der Waals surface area contributed by atoms with Crippen LogP contribution in [0.5, 0.6) is 0 Å². The van der Waals surface area contributed by atoms with Crippen molar-refractivity contribution < 1.29 is 53.7 Å².